The van der Waals surface area contributed by atoms with E-state index < -0.39 is 0 Å². The zero-order valence-corrected chi connectivity index (χ0v) is 10.2. The van der Waals surface area contributed by atoms with Crippen molar-refractivity contribution in [2.24, 2.45) is 5.73 Å². The molecule has 0 saturated carbocycles. The highest BCUT2D eigenvalue weighted by Gasteiger charge is 2.09. The lowest BCUT2D eigenvalue weighted by atomic mass is 10.1. The minimum absolute atomic E-state index is 0.135. The van der Waals surface area contributed by atoms with E-state index in [2.05, 4.69) is 0 Å². The van der Waals surface area contributed by atoms with Gasteiger partial charge in [0.15, 0.2) is 0 Å². The molecule has 1 rings (SSSR count). The van der Waals surface area contributed by atoms with E-state index >= 15 is 0 Å². The van der Waals surface area contributed by atoms with Crippen molar-refractivity contribution in [2.45, 2.75) is 13.0 Å². The zero-order chi connectivity index (χ0) is 12.1. The molecule has 0 spiro atoms. The Hall–Kier alpha value is -0.770. The van der Waals surface area contributed by atoms with Gasteiger partial charge in [-0.3, -0.25) is 0 Å². The van der Waals surface area contributed by atoms with Crippen molar-refractivity contribution in [1.82, 2.24) is 0 Å². The number of hydrogen-bond donors (Lipinski definition) is 1. The molecule has 0 amide bonds. The lowest BCUT2D eigenvalue weighted by Gasteiger charge is -2.13. The number of hydrogen-bond acceptors (Lipinski definition) is 2. The first kappa shape index (κ1) is 13.3. The van der Waals surface area contributed by atoms with Gasteiger partial charge in [-0.2, -0.15) is 0 Å². The van der Waals surface area contributed by atoms with E-state index in [9.17, 15) is 4.39 Å². The summed E-state index contributed by atoms with van der Waals surface area (Å²) in [5.41, 5.74) is 7.52. The van der Waals surface area contributed by atoms with E-state index in [-0.39, 0.29) is 18.5 Å². The molecule has 0 heterocycles. The molecule has 1 unspecified atom stereocenters. The third kappa shape index (κ3) is 3.67. The highest BCUT2D eigenvalue weighted by atomic mass is 35.5. The van der Waals surface area contributed by atoms with Crippen LogP contribution in [0.5, 0.6) is 5.75 Å². The maximum atomic E-state index is 13.0. The van der Waals surface area contributed by atoms with Crippen molar-refractivity contribution in [2.75, 3.05) is 6.61 Å². The zero-order valence-electron chi connectivity index (χ0n) is 8.71. The Balaban J connectivity index is 2.87. The number of ether oxygens (including phenoxy) is 1. The van der Waals surface area contributed by atoms with Gasteiger partial charge in [-0.15, -0.1) is 0 Å². The van der Waals surface area contributed by atoms with Gasteiger partial charge in [0.25, 0.3) is 0 Å². The Kier molecular flexibility index (Phi) is 5.06. The van der Waals surface area contributed by atoms with E-state index in [1.807, 2.05) is 0 Å². The van der Waals surface area contributed by atoms with Crippen LogP contribution < -0.4 is 10.5 Å². The first-order valence-electron chi connectivity index (χ1n) is 4.67. The van der Waals surface area contributed by atoms with E-state index in [1.54, 1.807) is 6.92 Å². The summed E-state index contributed by atoms with van der Waals surface area (Å²) in [6.07, 6.45) is 0. The summed E-state index contributed by atoms with van der Waals surface area (Å²) in [4.78, 5) is 0. The predicted molar refractivity (Wildman–Crippen MR) is 64.3 cm³/mol. The molecule has 1 aromatic rings. The fraction of sp³-hybridized carbons (Fsp3) is 0.273. The fourth-order valence-corrected chi connectivity index (χ4v) is 1.30. The van der Waals surface area contributed by atoms with Gasteiger partial charge in [0.05, 0.1) is 5.03 Å². The smallest absolute Gasteiger partial charge is 0.125 e. The van der Waals surface area contributed by atoms with Crippen molar-refractivity contribution in [3.8, 4) is 5.75 Å². The molecular formula is C11H12Cl2FNO. The first-order chi connectivity index (χ1) is 7.54. The van der Waals surface area contributed by atoms with Gasteiger partial charge in [-0.1, -0.05) is 23.2 Å². The molecule has 0 radical (unpaired) electrons. The van der Waals surface area contributed by atoms with Crippen LogP contribution in [0.2, 0.25) is 0 Å². The molecule has 1 aromatic carbocycles. The van der Waals surface area contributed by atoms with Crippen LogP contribution in [0.1, 0.15) is 18.5 Å². The summed E-state index contributed by atoms with van der Waals surface area (Å²) in [5, 5.41) is 0.363. The van der Waals surface area contributed by atoms with E-state index in [1.165, 1.54) is 23.7 Å². The van der Waals surface area contributed by atoms with Gasteiger partial charge in [-0.25, -0.2) is 4.39 Å². The molecule has 0 aliphatic heterocycles. The minimum Gasteiger partial charge on any atom is -0.488 e. The Labute approximate surface area is 104 Å². The van der Waals surface area contributed by atoms with Crippen LogP contribution in [0, 0.1) is 5.82 Å². The standard InChI is InChI=1S/C11H12Cl2FNO/c1-7(15)10-4-9(14)2-3-11(10)16-6-8(13)5-12/h2-5,7H,6,15H2,1H3. The summed E-state index contributed by atoms with van der Waals surface area (Å²) in [6, 6.07) is 3.86. The Bertz CT molecular complexity index is 394. The average Bonchev–Trinajstić information content (AvgIpc) is 2.26. The molecule has 2 N–H and O–H groups in total. The molecule has 0 saturated heterocycles. The lowest BCUT2D eigenvalue weighted by Crippen LogP contribution is -2.09. The maximum absolute atomic E-state index is 13.0. The number of benzene rings is 1. The second-order valence-corrected chi connectivity index (χ2v) is 4.02. The van der Waals surface area contributed by atoms with Gasteiger partial charge >= 0.3 is 0 Å². The second kappa shape index (κ2) is 6.09. The Morgan fingerprint density at radius 1 is 1.62 bits per heavy atom. The molecule has 0 aliphatic rings. The summed E-state index contributed by atoms with van der Waals surface area (Å²) < 4.78 is 18.4. The van der Waals surface area contributed by atoms with E-state index in [4.69, 9.17) is 33.7 Å². The Morgan fingerprint density at radius 2 is 2.31 bits per heavy atom. The van der Waals surface area contributed by atoms with Crippen LogP contribution in [-0.4, -0.2) is 6.61 Å². The summed E-state index contributed by atoms with van der Waals surface area (Å²) in [5.74, 6) is 0.159. The van der Waals surface area contributed by atoms with Gasteiger partial charge in [0, 0.05) is 17.1 Å². The lowest BCUT2D eigenvalue weighted by molar-refractivity contribution is 0.352. The molecule has 2 nitrogen and oxygen atoms in total. The number of nitrogens with two attached hydrogens (primary N) is 1. The highest BCUT2D eigenvalue weighted by molar-refractivity contribution is 6.36. The molecule has 0 fully saturated rings. The van der Waals surface area contributed by atoms with E-state index in [0.29, 0.717) is 16.3 Å². The molecule has 1 atom stereocenters. The SMILES string of the molecule is CC(N)c1cc(F)ccc1OCC(Cl)=CCl. The monoisotopic (exact) mass is 263 g/mol. The maximum Gasteiger partial charge on any atom is 0.125 e. The van der Waals surface area contributed by atoms with Crippen LogP contribution in [0.3, 0.4) is 0 Å². The quantitative estimate of drug-likeness (QED) is 0.902. The largest absolute Gasteiger partial charge is 0.488 e. The van der Waals surface area contributed by atoms with Crippen LogP contribution in [0.25, 0.3) is 0 Å². The minimum atomic E-state index is -0.348. The van der Waals surface area contributed by atoms with Crippen molar-refractivity contribution in [1.29, 1.82) is 0 Å². The van der Waals surface area contributed by atoms with Gasteiger partial charge < -0.3 is 10.5 Å². The topological polar surface area (TPSA) is 35.2 Å². The van der Waals surface area contributed by atoms with Crippen molar-refractivity contribution < 1.29 is 9.13 Å². The normalized spacial score (nSPS) is 13.7. The van der Waals surface area contributed by atoms with Crippen molar-refractivity contribution >= 4 is 23.2 Å². The molecular weight excluding hydrogens is 252 g/mol. The third-order valence-corrected chi connectivity index (χ3v) is 2.54. The molecule has 88 valence electrons. The average molecular weight is 264 g/mol. The van der Waals surface area contributed by atoms with Crippen LogP contribution in [0.15, 0.2) is 28.8 Å². The third-order valence-electron chi connectivity index (χ3n) is 1.95. The molecule has 0 bridgehead atoms. The van der Waals surface area contributed by atoms with Crippen LogP contribution in [0.4, 0.5) is 4.39 Å². The highest BCUT2D eigenvalue weighted by Crippen LogP contribution is 2.25. The second-order valence-electron chi connectivity index (χ2n) is 3.32. The van der Waals surface area contributed by atoms with Gasteiger partial charge in [-0.05, 0) is 25.1 Å². The Morgan fingerprint density at radius 3 is 2.88 bits per heavy atom. The first-order valence-corrected chi connectivity index (χ1v) is 5.48. The van der Waals surface area contributed by atoms with Gasteiger partial charge in [0.1, 0.15) is 18.2 Å². The number of halogens is 3. The van der Waals surface area contributed by atoms with Crippen molar-refractivity contribution in [3.05, 3.63) is 40.1 Å². The summed E-state index contributed by atoms with van der Waals surface area (Å²) in [7, 11) is 0. The predicted octanol–water partition coefficient (Wildman–Crippen LogP) is 3.54. The van der Waals surface area contributed by atoms with Crippen molar-refractivity contribution in [3.63, 3.8) is 0 Å². The van der Waals surface area contributed by atoms with E-state index in [0.717, 1.165) is 0 Å². The van der Waals surface area contributed by atoms with Crippen LogP contribution >= 0.6 is 23.2 Å². The number of rotatable bonds is 4. The van der Waals surface area contributed by atoms with Gasteiger partial charge in [0.2, 0.25) is 0 Å². The molecule has 0 aliphatic carbocycles. The van der Waals surface area contributed by atoms with Crippen LogP contribution in [-0.2, 0) is 0 Å². The molecule has 16 heavy (non-hydrogen) atoms. The summed E-state index contributed by atoms with van der Waals surface area (Å²) in [6.45, 7) is 1.89. The summed E-state index contributed by atoms with van der Waals surface area (Å²) >= 11 is 11.1. The fourth-order valence-electron chi connectivity index (χ4n) is 1.18. The molecule has 5 heteroatoms. The molecule has 0 aromatic heterocycles.